The number of anilines is 1. The molecule has 1 amide bonds. The Hall–Kier alpha value is -2.86. The van der Waals surface area contributed by atoms with Crippen LogP contribution in [0.3, 0.4) is 0 Å². The number of hydrogen-bond donors (Lipinski definition) is 1. The van der Waals surface area contributed by atoms with Crippen LogP contribution in [0.25, 0.3) is 10.1 Å². The fourth-order valence-corrected chi connectivity index (χ4v) is 3.51. The fraction of sp³-hybridized carbons (Fsp3) is 0.158. The zero-order valence-electron chi connectivity index (χ0n) is 14.1. The molecule has 5 nitrogen and oxygen atoms in total. The van der Waals surface area contributed by atoms with Crippen LogP contribution in [0.1, 0.15) is 25.6 Å². The topological polar surface area (TPSA) is 64.6 Å². The zero-order valence-corrected chi connectivity index (χ0v) is 14.9. The van der Waals surface area contributed by atoms with E-state index in [2.05, 4.69) is 5.32 Å². The molecule has 6 heteroatoms. The monoisotopic (exact) mass is 355 g/mol. The van der Waals surface area contributed by atoms with Crippen molar-refractivity contribution in [1.82, 2.24) is 0 Å². The Bertz CT molecular complexity index is 961. The van der Waals surface area contributed by atoms with E-state index in [0.29, 0.717) is 16.1 Å². The Morgan fingerprint density at radius 2 is 1.84 bits per heavy atom. The van der Waals surface area contributed by atoms with Gasteiger partial charge in [-0.05, 0) is 60.3 Å². The molecule has 3 aromatic rings. The van der Waals surface area contributed by atoms with E-state index in [1.165, 1.54) is 18.4 Å². The summed E-state index contributed by atoms with van der Waals surface area (Å²) in [5.74, 6) is 0.181. The van der Waals surface area contributed by atoms with Gasteiger partial charge in [0.2, 0.25) is 0 Å². The number of esters is 1. The van der Waals surface area contributed by atoms with Gasteiger partial charge in [0, 0.05) is 16.0 Å². The van der Waals surface area contributed by atoms with E-state index >= 15 is 0 Å². The van der Waals surface area contributed by atoms with Crippen molar-refractivity contribution in [2.45, 2.75) is 6.92 Å². The predicted molar refractivity (Wildman–Crippen MR) is 98.8 cm³/mol. The van der Waals surface area contributed by atoms with Crippen LogP contribution in [-0.2, 0) is 4.74 Å². The molecule has 1 heterocycles. The lowest BCUT2D eigenvalue weighted by Crippen LogP contribution is -2.12. The molecular formula is C19H17NO4S. The number of carbonyl (C=O) groups is 2. The van der Waals surface area contributed by atoms with Crippen molar-refractivity contribution < 1.29 is 19.1 Å². The van der Waals surface area contributed by atoms with Gasteiger partial charge in [-0.25, -0.2) is 4.79 Å². The zero-order chi connectivity index (χ0) is 18.0. The predicted octanol–water partition coefficient (Wildman–Crippen LogP) is 4.26. The van der Waals surface area contributed by atoms with Gasteiger partial charge in [-0.1, -0.05) is 0 Å². The maximum atomic E-state index is 12.4. The number of aryl methyl sites for hydroxylation is 1. The summed E-state index contributed by atoms with van der Waals surface area (Å²) in [6.07, 6.45) is 0. The number of hydrogen-bond acceptors (Lipinski definition) is 5. The molecule has 25 heavy (non-hydrogen) atoms. The van der Waals surface area contributed by atoms with Crippen LogP contribution in [0.15, 0.2) is 42.5 Å². The van der Waals surface area contributed by atoms with Crippen LogP contribution >= 0.6 is 11.3 Å². The SMILES string of the molecule is COC(=O)c1cc2cc(NC(=O)c3ccc(OC)c(C)c3)ccc2s1. The summed E-state index contributed by atoms with van der Waals surface area (Å²) in [7, 11) is 2.95. The van der Waals surface area contributed by atoms with Gasteiger partial charge in [-0.3, -0.25) is 4.79 Å². The number of nitrogens with one attached hydrogen (secondary N) is 1. The molecule has 0 aliphatic carbocycles. The van der Waals surface area contributed by atoms with Crippen LogP contribution in [-0.4, -0.2) is 26.1 Å². The second-order valence-corrected chi connectivity index (χ2v) is 6.58. The summed E-state index contributed by atoms with van der Waals surface area (Å²) in [6.45, 7) is 1.89. The summed E-state index contributed by atoms with van der Waals surface area (Å²) >= 11 is 1.36. The van der Waals surface area contributed by atoms with E-state index in [4.69, 9.17) is 9.47 Å². The molecule has 2 aromatic carbocycles. The van der Waals surface area contributed by atoms with Crippen LogP contribution in [0.5, 0.6) is 5.75 Å². The molecule has 0 unspecified atom stereocenters. The van der Waals surface area contributed by atoms with Gasteiger partial charge in [0.1, 0.15) is 10.6 Å². The molecule has 0 atom stereocenters. The molecule has 0 spiro atoms. The normalized spacial score (nSPS) is 10.5. The van der Waals surface area contributed by atoms with Gasteiger partial charge in [0.15, 0.2) is 0 Å². The second kappa shape index (κ2) is 6.94. The molecule has 128 valence electrons. The van der Waals surface area contributed by atoms with E-state index in [-0.39, 0.29) is 11.9 Å². The van der Waals surface area contributed by atoms with Crippen molar-refractivity contribution in [3.8, 4) is 5.75 Å². The Labute approximate surface area is 149 Å². The molecule has 0 radical (unpaired) electrons. The van der Waals surface area contributed by atoms with E-state index < -0.39 is 0 Å². The van der Waals surface area contributed by atoms with Crippen molar-refractivity contribution in [2.24, 2.45) is 0 Å². The lowest BCUT2D eigenvalue weighted by atomic mass is 10.1. The van der Waals surface area contributed by atoms with Gasteiger partial charge < -0.3 is 14.8 Å². The van der Waals surface area contributed by atoms with Crippen LogP contribution in [0, 0.1) is 6.92 Å². The molecule has 1 aromatic heterocycles. The van der Waals surface area contributed by atoms with E-state index in [1.807, 2.05) is 25.1 Å². The highest BCUT2D eigenvalue weighted by atomic mass is 32.1. The largest absolute Gasteiger partial charge is 0.496 e. The number of carbonyl (C=O) groups excluding carboxylic acids is 2. The van der Waals surface area contributed by atoms with Crippen molar-refractivity contribution in [3.63, 3.8) is 0 Å². The highest BCUT2D eigenvalue weighted by Crippen LogP contribution is 2.29. The van der Waals surface area contributed by atoms with Crippen molar-refractivity contribution >= 4 is 39.0 Å². The third-order valence-corrected chi connectivity index (χ3v) is 4.91. The van der Waals surface area contributed by atoms with Crippen LogP contribution in [0.4, 0.5) is 5.69 Å². The molecular weight excluding hydrogens is 338 g/mol. The smallest absolute Gasteiger partial charge is 0.348 e. The summed E-state index contributed by atoms with van der Waals surface area (Å²) in [5.41, 5.74) is 2.12. The molecule has 0 aliphatic rings. The highest BCUT2D eigenvalue weighted by molar-refractivity contribution is 7.20. The fourth-order valence-electron chi connectivity index (χ4n) is 2.55. The average molecular weight is 355 g/mol. The number of amides is 1. The average Bonchev–Trinajstić information content (AvgIpc) is 3.04. The first kappa shape index (κ1) is 17.0. The van der Waals surface area contributed by atoms with Gasteiger partial charge in [0.25, 0.3) is 5.91 Å². The summed E-state index contributed by atoms with van der Waals surface area (Å²) in [4.78, 5) is 24.6. The standard InChI is InChI=1S/C19H17NO4S/c1-11-8-12(4-6-15(11)23-2)18(21)20-14-5-7-16-13(9-14)10-17(25-16)19(22)24-3/h4-10H,1-3H3,(H,20,21). The van der Waals surface area contributed by atoms with E-state index in [9.17, 15) is 9.59 Å². The van der Waals surface area contributed by atoms with Crippen molar-refractivity contribution in [2.75, 3.05) is 19.5 Å². The minimum atomic E-state index is -0.361. The number of benzene rings is 2. The Kier molecular flexibility index (Phi) is 4.72. The first-order valence-electron chi connectivity index (χ1n) is 7.59. The summed E-state index contributed by atoms with van der Waals surface area (Å²) < 4.78 is 10.9. The van der Waals surface area contributed by atoms with E-state index in [1.54, 1.807) is 31.4 Å². The van der Waals surface area contributed by atoms with Crippen LogP contribution in [0.2, 0.25) is 0 Å². The third kappa shape index (κ3) is 3.49. The first-order valence-corrected chi connectivity index (χ1v) is 8.41. The highest BCUT2D eigenvalue weighted by Gasteiger charge is 2.12. The second-order valence-electron chi connectivity index (χ2n) is 5.49. The number of rotatable bonds is 4. The van der Waals surface area contributed by atoms with Gasteiger partial charge in [0.05, 0.1) is 14.2 Å². The number of methoxy groups -OCH3 is 2. The molecule has 3 rings (SSSR count). The Morgan fingerprint density at radius 3 is 2.52 bits per heavy atom. The summed E-state index contributed by atoms with van der Waals surface area (Å²) in [6, 6.07) is 12.6. The molecule has 1 N–H and O–H groups in total. The molecule has 0 saturated heterocycles. The quantitative estimate of drug-likeness (QED) is 0.710. The minimum absolute atomic E-state index is 0.200. The first-order chi connectivity index (χ1) is 12.0. The molecule has 0 bridgehead atoms. The minimum Gasteiger partial charge on any atom is -0.496 e. The van der Waals surface area contributed by atoms with Crippen molar-refractivity contribution in [1.29, 1.82) is 0 Å². The van der Waals surface area contributed by atoms with Gasteiger partial charge in [-0.15, -0.1) is 11.3 Å². The van der Waals surface area contributed by atoms with Gasteiger partial charge >= 0.3 is 5.97 Å². The number of fused-ring (bicyclic) bond motifs is 1. The van der Waals surface area contributed by atoms with E-state index in [0.717, 1.165) is 21.4 Å². The lowest BCUT2D eigenvalue weighted by Gasteiger charge is -2.08. The Balaban J connectivity index is 1.83. The lowest BCUT2D eigenvalue weighted by molar-refractivity contribution is 0.0606. The molecule has 0 saturated carbocycles. The third-order valence-electron chi connectivity index (χ3n) is 3.82. The summed E-state index contributed by atoms with van der Waals surface area (Å²) in [5, 5.41) is 3.76. The van der Waals surface area contributed by atoms with Crippen molar-refractivity contribution in [3.05, 3.63) is 58.5 Å². The van der Waals surface area contributed by atoms with Gasteiger partial charge in [-0.2, -0.15) is 0 Å². The van der Waals surface area contributed by atoms with Crippen LogP contribution < -0.4 is 10.1 Å². The maximum Gasteiger partial charge on any atom is 0.348 e. The maximum absolute atomic E-state index is 12.4. The molecule has 0 fully saturated rings. The Morgan fingerprint density at radius 1 is 1.04 bits per heavy atom. The number of ether oxygens (including phenoxy) is 2. The number of thiophene rings is 1. The molecule has 0 aliphatic heterocycles.